The van der Waals surface area contributed by atoms with Crippen molar-refractivity contribution in [3.8, 4) is 0 Å². The first-order valence-corrected chi connectivity index (χ1v) is 7.88. The van der Waals surface area contributed by atoms with E-state index >= 15 is 0 Å². The number of carbonyl (C=O) groups is 1. The molecule has 0 aliphatic carbocycles. The van der Waals surface area contributed by atoms with Gasteiger partial charge in [-0.2, -0.15) is 0 Å². The van der Waals surface area contributed by atoms with Crippen LogP contribution in [0.1, 0.15) is 13.3 Å². The lowest BCUT2D eigenvalue weighted by atomic mass is 10.5. The summed E-state index contributed by atoms with van der Waals surface area (Å²) in [7, 11) is -3.99. The van der Waals surface area contributed by atoms with Crippen LogP contribution in [-0.2, 0) is 14.8 Å². The number of hydrogen-bond donors (Lipinski definition) is 3. The first-order valence-electron chi connectivity index (χ1n) is 5.58. The van der Waals surface area contributed by atoms with E-state index in [2.05, 4.69) is 10.0 Å². The van der Waals surface area contributed by atoms with Crippen molar-refractivity contribution in [2.24, 2.45) is 0 Å². The van der Waals surface area contributed by atoms with E-state index < -0.39 is 33.1 Å². The normalized spacial score (nSPS) is 11.2. The summed E-state index contributed by atoms with van der Waals surface area (Å²) in [6.07, 6.45) is 0.728. The Hall–Kier alpha value is -1.72. The van der Waals surface area contributed by atoms with Gasteiger partial charge in [-0.25, -0.2) is 13.1 Å². The SMILES string of the molecule is CCCNC(=O)CNS(=O)(=O)c1cc([N+](=O)[O-])c(N)s1. The molecule has 0 aliphatic heterocycles. The maximum atomic E-state index is 11.8. The second-order valence-corrected chi connectivity index (χ2v) is 6.82. The van der Waals surface area contributed by atoms with Gasteiger partial charge >= 0.3 is 5.69 Å². The number of nitrogens with zero attached hydrogens (tertiary/aromatic N) is 1. The number of nitrogens with two attached hydrogens (primary N) is 1. The molecule has 0 aliphatic rings. The number of sulfonamides is 1. The summed E-state index contributed by atoms with van der Waals surface area (Å²) in [5, 5.41) is 12.9. The van der Waals surface area contributed by atoms with Crippen molar-refractivity contribution >= 4 is 38.0 Å². The average Bonchev–Trinajstić information content (AvgIpc) is 2.77. The zero-order chi connectivity index (χ0) is 15.3. The molecule has 0 atom stereocenters. The van der Waals surface area contributed by atoms with Crippen LogP contribution in [0.25, 0.3) is 0 Å². The minimum Gasteiger partial charge on any atom is -0.385 e. The molecule has 1 heterocycles. The maximum Gasteiger partial charge on any atom is 0.304 e. The van der Waals surface area contributed by atoms with Gasteiger partial charge in [-0.05, 0) is 6.42 Å². The maximum absolute atomic E-state index is 11.8. The number of rotatable bonds is 7. The molecule has 4 N–H and O–H groups in total. The van der Waals surface area contributed by atoms with Gasteiger partial charge in [-0.1, -0.05) is 18.3 Å². The first-order chi connectivity index (χ1) is 9.27. The molecular weight excluding hydrogens is 308 g/mol. The van der Waals surface area contributed by atoms with E-state index in [-0.39, 0.29) is 9.21 Å². The Labute approximate surface area is 119 Å². The van der Waals surface area contributed by atoms with Crippen molar-refractivity contribution in [3.63, 3.8) is 0 Å². The molecule has 0 saturated heterocycles. The van der Waals surface area contributed by atoms with E-state index in [1.807, 2.05) is 6.92 Å². The molecule has 0 aromatic carbocycles. The number of thiophene rings is 1. The predicted molar refractivity (Wildman–Crippen MR) is 73.9 cm³/mol. The summed E-state index contributed by atoms with van der Waals surface area (Å²) in [4.78, 5) is 21.1. The molecule has 0 radical (unpaired) electrons. The molecule has 112 valence electrons. The molecule has 0 bridgehead atoms. The lowest BCUT2D eigenvalue weighted by Crippen LogP contribution is -2.36. The highest BCUT2D eigenvalue weighted by Crippen LogP contribution is 2.34. The van der Waals surface area contributed by atoms with Gasteiger partial charge in [-0.3, -0.25) is 14.9 Å². The van der Waals surface area contributed by atoms with Crippen molar-refractivity contribution in [1.82, 2.24) is 10.0 Å². The quantitative estimate of drug-likeness (QED) is 0.477. The Kier molecular flexibility index (Phi) is 5.42. The van der Waals surface area contributed by atoms with Gasteiger partial charge in [0, 0.05) is 12.6 Å². The number of anilines is 1. The first kappa shape index (κ1) is 16.3. The van der Waals surface area contributed by atoms with Crippen LogP contribution in [0.5, 0.6) is 0 Å². The molecule has 20 heavy (non-hydrogen) atoms. The van der Waals surface area contributed by atoms with E-state index in [9.17, 15) is 23.3 Å². The van der Waals surface area contributed by atoms with Crippen LogP contribution >= 0.6 is 11.3 Å². The number of nitro groups is 1. The third-order valence-corrected chi connectivity index (χ3v) is 5.00. The average molecular weight is 322 g/mol. The standard InChI is InChI=1S/C9H14N4O5S2/c1-2-3-11-7(14)5-12-20(17,18)8-4-6(13(15)16)9(10)19-8/h4,12H,2-3,5,10H2,1H3,(H,11,14). The fourth-order valence-corrected chi connectivity index (χ4v) is 3.45. The molecule has 0 spiro atoms. The van der Waals surface area contributed by atoms with Crippen molar-refractivity contribution in [2.75, 3.05) is 18.8 Å². The van der Waals surface area contributed by atoms with Gasteiger partial charge in [0.05, 0.1) is 11.5 Å². The molecule has 0 fully saturated rings. The summed E-state index contributed by atoms with van der Waals surface area (Å²) in [5.41, 5.74) is 4.90. The lowest BCUT2D eigenvalue weighted by Gasteiger charge is -2.05. The van der Waals surface area contributed by atoms with E-state index in [0.29, 0.717) is 17.9 Å². The van der Waals surface area contributed by atoms with Crippen LogP contribution in [0, 0.1) is 10.1 Å². The molecule has 1 aromatic rings. The van der Waals surface area contributed by atoms with E-state index in [4.69, 9.17) is 5.73 Å². The molecule has 0 saturated carbocycles. The minimum atomic E-state index is -3.99. The van der Waals surface area contributed by atoms with Crippen LogP contribution in [0.2, 0.25) is 0 Å². The molecule has 1 aromatic heterocycles. The summed E-state index contributed by atoms with van der Waals surface area (Å²) in [6, 6.07) is 0.867. The van der Waals surface area contributed by atoms with E-state index in [1.54, 1.807) is 0 Å². The van der Waals surface area contributed by atoms with Crippen LogP contribution < -0.4 is 15.8 Å². The predicted octanol–water partition coefficient (Wildman–Crippen LogP) is 0.0430. The zero-order valence-electron chi connectivity index (χ0n) is 10.6. The lowest BCUT2D eigenvalue weighted by molar-refractivity contribution is -0.383. The Balaban J connectivity index is 2.77. The van der Waals surface area contributed by atoms with Gasteiger partial charge < -0.3 is 11.1 Å². The Morgan fingerprint density at radius 2 is 2.20 bits per heavy atom. The largest absolute Gasteiger partial charge is 0.385 e. The molecule has 0 unspecified atom stereocenters. The fourth-order valence-electron chi connectivity index (χ4n) is 1.21. The van der Waals surface area contributed by atoms with E-state index in [0.717, 1.165) is 12.5 Å². The minimum absolute atomic E-state index is 0.203. The Bertz CT molecular complexity index is 610. The van der Waals surface area contributed by atoms with Crippen LogP contribution in [0.3, 0.4) is 0 Å². The summed E-state index contributed by atoms with van der Waals surface area (Å²) in [6.45, 7) is 1.87. The highest BCUT2D eigenvalue weighted by Gasteiger charge is 2.25. The van der Waals surface area contributed by atoms with Gasteiger partial charge in [0.25, 0.3) is 10.0 Å². The second-order valence-electron chi connectivity index (χ2n) is 3.75. The highest BCUT2D eigenvalue weighted by atomic mass is 32.2. The topological polar surface area (TPSA) is 144 Å². The number of amides is 1. The molecule has 1 rings (SSSR count). The van der Waals surface area contributed by atoms with Gasteiger partial charge in [0.1, 0.15) is 4.21 Å². The third kappa shape index (κ3) is 4.15. The molecule has 1 amide bonds. The third-order valence-electron chi connectivity index (χ3n) is 2.17. The van der Waals surface area contributed by atoms with Crippen LogP contribution in [0.15, 0.2) is 10.3 Å². The molecule has 11 heteroatoms. The second kappa shape index (κ2) is 6.63. The summed E-state index contributed by atoms with van der Waals surface area (Å²) >= 11 is 0.573. The number of nitrogen functional groups attached to an aromatic ring is 1. The van der Waals surface area contributed by atoms with Crippen LogP contribution in [-0.4, -0.2) is 32.3 Å². The molecule has 9 nitrogen and oxygen atoms in total. The van der Waals surface area contributed by atoms with Crippen molar-refractivity contribution in [1.29, 1.82) is 0 Å². The van der Waals surface area contributed by atoms with Crippen LogP contribution in [0.4, 0.5) is 10.7 Å². The van der Waals surface area contributed by atoms with E-state index in [1.165, 1.54) is 0 Å². The fraction of sp³-hybridized carbons (Fsp3) is 0.444. The summed E-state index contributed by atoms with van der Waals surface area (Å²) in [5.74, 6) is -0.477. The monoisotopic (exact) mass is 322 g/mol. The Morgan fingerprint density at radius 1 is 1.55 bits per heavy atom. The number of carbonyl (C=O) groups excluding carboxylic acids is 1. The number of nitrogens with one attached hydrogen (secondary N) is 2. The van der Waals surface area contributed by atoms with Gasteiger partial charge in [0.2, 0.25) is 5.91 Å². The van der Waals surface area contributed by atoms with Crippen molar-refractivity contribution in [3.05, 3.63) is 16.2 Å². The van der Waals surface area contributed by atoms with Gasteiger partial charge in [-0.15, -0.1) is 0 Å². The summed E-state index contributed by atoms with van der Waals surface area (Å²) < 4.78 is 25.4. The molecular formula is C9H14N4O5S2. The van der Waals surface area contributed by atoms with Crippen molar-refractivity contribution < 1.29 is 18.1 Å². The smallest absolute Gasteiger partial charge is 0.304 e. The Morgan fingerprint density at radius 3 is 2.70 bits per heavy atom. The van der Waals surface area contributed by atoms with Crippen molar-refractivity contribution in [2.45, 2.75) is 17.6 Å². The zero-order valence-corrected chi connectivity index (χ0v) is 12.2. The number of hydrogen-bond acceptors (Lipinski definition) is 7. The van der Waals surface area contributed by atoms with Gasteiger partial charge in [0.15, 0.2) is 5.00 Å². The highest BCUT2D eigenvalue weighted by molar-refractivity contribution is 7.91.